The van der Waals surface area contributed by atoms with Gasteiger partial charge in [-0.05, 0) is 44.9 Å². The Kier molecular flexibility index (Phi) is 5.11. The van der Waals surface area contributed by atoms with Crippen LogP contribution in [0.2, 0.25) is 0 Å². The number of hydrogen-bond donors (Lipinski definition) is 2. The second kappa shape index (κ2) is 7.42. The molecule has 1 aromatic heterocycles. The van der Waals surface area contributed by atoms with Crippen LogP contribution < -0.4 is 11.1 Å². The maximum absolute atomic E-state index is 14.7. The molecule has 2 heterocycles. The molecule has 1 saturated heterocycles. The predicted molar refractivity (Wildman–Crippen MR) is 95.8 cm³/mol. The van der Waals surface area contributed by atoms with Crippen LogP contribution in [0.4, 0.5) is 8.78 Å². The van der Waals surface area contributed by atoms with E-state index in [0.717, 1.165) is 25.7 Å². The Morgan fingerprint density at radius 1 is 1.18 bits per heavy atom. The molecule has 1 aromatic rings. The average molecular weight is 396 g/mol. The summed E-state index contributed by atoms with van der Waals surface area (Å²) < 4.78 is 34.4. The summed E-state index contributed by atoms with van der Waals surface area (Å²) in [5, 5.41) is 6.07. The lowest BCUT2D eigenvalue weighted by molar-refractivity contribution is -0.149. The standard InChI is InChI=1S/C19H26F2N4O3/c20-19(21)10-25(18(27)12-3-5-13(22)6-4-12)8-7-16(19)23-17(26)14-9-15(28-24-14)11-1-2-11/h9,11-13,16H,1-8,10,22H2,(H,23,26)/t12-,13-,16?. The van der Waals surface area contributed by atoms with Gasteiger partial charge in [-0.3, -0.25) is 9.59 Å². The highest BCUT2D eigenvalue weighted by molar-refractivity contribution is 5.92. The molecule has 9 heteroatoms. The molecule has 28 heavy (non-hydrogen) atoms. The fourth-order valence-electron chi connectivity index (χ4n) is 4.12. The van der Waals surface area contributed by atoms with Crippen LogP contribution in [0.5, 0.6) is 0 Å². The average Bonchev–Trinajstić information content (AvgIpc) is 3.39. The summed E-state index contributed by atoms with van der Waals surface area (Å²) in [5.74, 6) is -3.39. The molecular weight excluding hydrogens is 370 g/mol. The zero-order valence-corrected chi connectivity index (χ0v) is 15.7. The van der Waals surface area contributed by atoms with Crippen molar-refractivity contribution in [3.05, 3.63) is 17.5 Å². The number of hydrogen-bond acceptors (Lipinski definition) is 5. The van der Waals surface area contributed by atoms with Crippen molar-refractivity contribution < 1.29 is 22.9 Å². The van der Waals surface area contributed by atoms with Gasteiger partial charge in [0, 0.05) is 30.5 Å². The molecule has 2 amide bonds. The number of aromatic nitrogens is 1. The highest BCUT2D eigenvalue weighted by Gasteiger charge is 2.47. The maximum atomic E-state index is 14.7. The SMILES string of the molecule is N[C@H]1CC[C@H](C(=O)N2CCC(NC(=O)c3cc(C4CC4)on3)C(F)(F)C2)CC1. The zero-order chi connectivity index (χ0) is 19.9. The minimum Gasteiger partial charge on any atom is -0.360 e. The molecule has 3 aliphatic rings. The molecule has 3 fully saturated rings. The van der Waals surface area contributed by atoms with Crippen LogP contribution in [0.1, 0.15) is 67.1 Å². The Labute approximate surface area is 162 Å². The number of piperidine rings is 1. The Morgan fingerprint density at radius 3 is 2.54 bits per heavy atom. The van der Waals surface area contributed by atoms with Crippen LogP contribution in [-0.2, 0) is 4.79 Å². The lowest BCUT2D eigenvalue weighted by Gasteiger charge is -2.40. The van der Waals surface area contributed by atoms with Crippen LogP contribution in [0.15, 0.2) is 10.6 Å². The van der Waals surface area contributed by atoms with E-state index in [-0.39, 0.29) is 36.5 Å². The molecule has 3 N–H and O–H groups in total. The van der Waals surface area contributed by atoms with Gasteiger partial charge in [-0.15, -0.1) is 0 Å². The quantitative estimate of drug-likeness (QED) is 0.811. The van der Waals surface area contributed by atoms with Crippen LogP contribution in [0.3, 0.4) is 0 Å². The normalized spacial score (nSPS) is 30.1. The lowest BCUT2D eigenvalue weighted by Crippen LogP contribution is -2.60. The third-order valence-corrected chi connectivity index (χ3v) is 6.08. The molecular formula is C19H26F2N4O3. The fraction of sp³-hybridized carbons (Fsp3) is 0.737. The van der Waals surface area contributed by atoms with E-state index in [4.69, 9.17) is 10.3 Å². The minimum absolute atomic E-state index is 0.00402. The number of nitrogens with two attached hydrogens (primary N) is 1. The molecule has 1 aliphatic heterocycles. The summed E-state index contributed by atoms with van der Waals surface area (Å²) in [4.78, 5) is 26.1. The minimum atomic E-state index is -3.20. The second-order valence-electron chi connectivity index (χ2n) is 8.34. The highest BCUT2D eigenvalue weighted by atomic mass is 19.3. The number of rotatable bonds is 4. The second-order valence-corrected chi connectivity index (χ2v) is 8.34. The van der Waals surface area contributed by atoms with Gasteiger partial charge in [-0.25, -0.2) is 8.78 Å². The first-order valence-electron chi connectivity index (χ1n) is 10.0. The molecule has 0 spiro atoms. The number of likely N-dealkylation sites (tertiary alicyclic amines) is 1. The van der Waals surface area contributed by atoms with Crippen molar-refractivity contribution in [1.82, 2.24) is 15.4 Å². The molecule has 0 radical (unpaired) electrons. The van der Waals surface area contributed by atoms with Gasteiger partial charge in [0.25, 0.3) is 11.8 Å². The largest absolute Gasteiger partial charge is 0.360 e. The van der Waals surface area contributed by atoms with E-state index < -0.39 is 24.4 Å². The molecule has 154 valence electrons. The van der Waals surface area contributed by atoms with Crippen molar-refractivity contribution in [1.29, 1.82) is 0 Å². The van der Waals surface area contributed by atoms with E-state index in [1.807, 2.05) is 0 Å². The summed E-state index contributed by atoms with van der Waals surface area (Å²) >= 11 is 0. The molecule has 1 unspecified atom stereocenters. The number of nitrogens with one attached hydrogen (secondary N) is 1. The maximum Gasteiger partial charge on any atom is 0.285 e. The van der Waals surface area contributed by atoms with Gasteiger partial charge in [0.1, 0.15) is 5.76 Å². The summed E-state index contributed by atoms with van der Waals surface area (Å²) in [5.41, 5.74) is 5.88. The van der Waals surface area contributed by atoms with Gasteiger partial charge in [0.15, 0.2) is 5.69 Å². The van der Waals surface area contributed by atoms with E-state index in [1.165, 1.54) is 11.0 Å². The number of amides is 2. The third kappa shape index (κ3) is 4.04. The zero-order valence-electron chi connectivity index (χ0n) is 15.7. The molecule has 2 aliphatic carbocycles. The molecule has 4 rings (SSSR count). The number of nitrogens with zero attached hydrogens (tertiary/aromatic N) is 2. The first-order valence-corrected chi connectivity index (χ1v) is 10.0. The van der Waals surface area contributed by atoms with Gasteiger partial charge in [0.05, 0.1) is 12.6 Å². The first kappa shape index (κ1) is 19.3. The fourth-order valence-corrected chi connectivity index (χ4v) is 4.12. The Balaban J connectivity index is 1.34. The van der Waals surface area contributed by atoms with Crippen LogP contribution in [-0.4, -0.2) is 53.0 Å². The third-order valence-electron chi connectivity index (χ3n) is 6.08. The molecule has 0 aromatic carbocycles. The van der Waals surface area contributed by atoms with Crippen molar-refractivity contribution in [2.75, 3.05) is 13.1 Å². The van der Waals surface area contributed by atoms with Crippen LogP contribution in [0, 0.1) is 5.92 Å². The predicted octanol–water partition coefficient (Wildman–Crippen LogP) is 2.04. The molecule has 0 bridgehead atoms. The Morgan fingerprint density at radius 2 is 1.89 bits per heavy atom. The van der Waals surface area contributed by atoms with Crippen molar-refractivity contribution in [3.63, 3.8) is 0 Å². The van der Waals surface area contributed by atoms with E-state index in [2.05, 4.69) is 10.5 Å². The molecule has 7 nitrogen and oxygen atoms in total. The number of halogens is 2. The van der Waals surface area contributed by atoms with Gasteiger partial charge < -0.3 is 20.5 Å². The Bertz CT molecular complexity index is 741. The van der Waals surface area contributed by atoms with Crippen molar-refractivity contribution >= 4 is 11.8 Å². The summed E-state index contributed by atoms with van der Waals surface area (Å²) in [6.45, 7) is -0.473. The van der Waals surface area contributed by atoms with Crippen molar-refractivity contribution in [2.24, 2.45) is 11.7 Å². The number of carbonyl (C=O) groups is 2. The summed E-state index contributed by atoms with van der Waals surface area (Å²) in [6.07, 6.45) is 4.79. The van der Waals surface area contributed by atoms with Gasteiger partial charge in [0.2, 0.25) is 5.91 Å². The van der Waals surface area contributed by atoms with E-state index in [1.54, 1.807) is 0 Å². The smallest absolute Gasteiger partial charge is 0.285 e. The van der Waals surface area contributed by atoms with Gasteiger partial charge in [-0.1, -0.05) is 5.16 Å². The first-order chi connectivity index (χ1) is 13.3. The van der Waals surface area contributed by atoms with Crippen LogP contribution in [0.25, 0.3) is 0 Å². The topological polar surface area (TPSA) is 101 Å². The van der Waals surface area contributed by atoms with Crippen molar-refractivity contribution in [2.45, 2.75) is 68.9 Å². The molecule has 1 atom stereocenters. The Hall–Kier alpha value is -2.03. The van der Waals surface area contributed by atoms with E-state index >= 15 is 0 Å². The molecule has 2 saturated carbocycles. The van der Waals surface area contributed by atoms with Crippen LogP contribution >= 0.6 is 0 Å². The van der Waals surface area contributed by atoms with Gasteiger partial charge >= 0.3 is 0 Å². The van der Waals surface area contributed by atoms with Gasteiger partial charge in [-0.2, -0.15) is 0 Å². The van der Waals surface area contributed by atoms with E-state index in [9.17, 15) is 18.4 Å². The summed E-state index contributed by atoms with van der Waals surface area (Å²) in [6, 6.07) is 0.297. The number of carbonyl (C=O) groups excluding carboxylic acids is 2. The lowest BCUT2D eigenvalue weighted by atomic mass is 9.85. The monoisotopic (exact) mass is 396 g/mol. The number of alkyl halides is 2. The van der Waals surface area contributed by atoms with E-state index in [0.29, 0.717) is 24.5 Å². The van der Waals surface area contributed by atoms with Crippen molar-refractivity contribution in [3.8, 4) is 0 Å². The highest BCUT2D eigenvalue weighted by Crippen LogP contribution is 2.40. The summed E-state index contributed by atoms with van der Waals surface area (Å²) in [7, 11) is 0.